The van der Waals surface area contributed by atoms with E-state index >= 15 is 0 Å². The number of carbonyl (C=O) groups excluding carboxylic acids is 1. The molecule has 1 aliphatic rings. The highest BCUT2D eigenvalue weighted by Gasteiger charge is 2.38. The molecule has 0 bridgehead atoms. The van der Waals surface area contributed by atoms with Gasteiger partial charge in [-0.25, -0.2) is 5.43 Å². The summed E-state index contributed by atoms with van der Waals surface area (Å²) in [5, 5.41) is 2.97. The molecule has 0 radical (unpaired) electrons. The van der Waals surface area contributed by atoms with Crippen LogP contribution in [0.4, 0.5) is 31.1 Å². The number of rotatable bonds is 3. The fourth-order valence-electron chi connectivity index (χ4n) is 1.62. The summed E-state index contributed by atoms with van der Waals surface area (Å²) in [5.41, 5.74) is 1.53. The van der Waals surface area contributed by atoms with Crippen LogP contribution in [-0.2, 0) is 0 Å². The van der Waals surface area contributed by atoms with Crippen molar-refractivity contribution in [3.05, 3.63) is 23.8 Å². The summed E-state index contributed by atoms with van der Waals surface area (Å²) in [4.78, 5) is 11.0. The molecule has 0 unspecified atom stereocenters. The molecule has 0 fully saturated rings. The summed E-state index contributed by atoms with van der Waals surface area (Å²) in [6.07, 6.45) is -10.5. The molecule has 0 aliphatic carbocycles. The number of nitrogens with zero attached hydrogens (tertiary/aromatic N) is 1. The van der Waals surface area contributed by atoms with E-state index in [-0.39, 0.29) is 17.0 Å². The van der Waals surface area contributed by atoms with Crippen LogP contribution in [-0.4, -0.2) is 29.4 Å². The lowest BCUT2D eigenvalue weighted by Gasteiger charge is -2.20. The summed E-state index contributed by atoms with van der Waals surface area (Å²) in [6, 6.07) is 2.79. The lowest BCUT2D eigenvalue weighted by Crippen LogP contribution is -2.26. The number of ether oxygens (including phenoxy) is 2. The molecule has 12 heteroatoms. The van der Waals surface area contributed by atoms with Crippen LogP contribution in [0.5, 0.6) is 11.5 Å². The first-order chi connectivity index (χ1) is 10.6. The van der Waals surface area contributed by atoms with Crippen molar-refractivity contribution in [2.45, 2.75) is 12.7 Å². The van der Waals surface area contributed by atoms with Crippen molar-refractivity contribution in [2.24, 2.45) is 5.10 Å². The van der Waals surface area contributed by atoms with E-state index in [0.717, 1.165) is 12.1 Å². The molecule has 1 heterocycles. The first-order valence-corrected chi connectivity index (χ1v) is 6.68. The number of hydrogen-bond acceptors (Lipinski definition) is 5. The zero-order chi connectivity index (χ0) is 17.3. The number of nitrogens with one attached hydrogen (secondary N) is 1. The van der Waals surface area contributed by atoms with Crippen molar-refractivity contribution in [2.75, 3.05) is 5.75 Å². The molecule has 1 aromatic carbocycles. The Labute approximate surface area is 128 Å². The molecule has 1 amide bonds. The Bertz CT molecular complexity index is 644. The Balaban J connectivity index is 2.48. The zero-order valence-electron chi connectivity index (χ0n) is 10.8. The Kier molecular flexibility index (Phi) is 4.63. The quantitative estimate of drug-likeness (QED) is 0.836. The van der Waals surface area contributed by atoms with Crippen LogP contribution in [0.25, 0.3) is 0 Å². The van der Waals surface area contributed by atoms with Crippen LogP contribution in [0.3, 0.4) is 0 Å². The number of alkyl halides is 6. The number of hydrogen-bond donors (Lipinski definition) is 1. The van der Waals surface area contributed by atoms with E-state index in [4.69, 9.17) is 0 Å². The van der Waals surface area contributed by atoms with E-state index < -0.39 is 29.5 Å². The Hall–Kier alpha value is -2.11. The molecular weight excluding hydrogens is 354 g/mol. The van der Waals surface area contributed by atoms with Crippen LogP contribution in [0.2, 0.25) is 0 Å². The summed E-state index contributed by atoms with van der Waals surface area (Å²) in [6.45, 7) is 0. The maximum atomic E-state index is 12.5. The molecule has 126 valence electrons. The first kappa shape index (κ1) is 17.2. The van der Waals surface area contributed by atoms with Gasteiger partial charge in [-0.3, -0.25) is 4.79 Å². The molecule has 5 nitrogen and oxygen atoms in total. The van der Waals surface area contributed by atoms with Gasteiger partial charge in [0.2, 0.25) is 0 Å². The second kappa shape index (κ2) is 6.18. The zero-order valence-corrected chi connectivity index (χ0v) is 11.6. The van der Waals surface area contributed by atoms with E-state index in [9.17, 15) is 31.1 Å². The number of hydrazone groups is 1. The SMILES string of the molecule is O=C1NN=C(c2cccc(OC(F)(F)F)c2OC(F)(F)F)CS1. The van der Waals surface area contributed by atoms with Crippen LogP contribution in [0.15, 0.2) is 23.3 Å². The van der Waals surface area contributed by atoms with Gasteiger partial charge in [0.1, 0.15) is 0 Å². The highest BCUT2D eigenvalue weighted by molar-refractivity contribution is 8.14. The van der Waals surface area contributed by atoms with E-state index in [1.165, 1.54) is 0 Å². The molecule has 1 aliphatic heterocycles. The van der Waals surface area contributed by atoms with Gasteiger partial charge < -0.3 is 9.47 Å². The van der Waals surface area contributed by atoms with Gasteiger partial charge in [0.25, 0.3) is 5.24 Å². The summed E-state index contributed by atoms with van der Waals surface area (Å²) >= 11 is 0.686. The number of thioether (sulfide) groups is 1. The van der Waals surface area contributed by atoms with Crippen LogP contribution >= 0.6 is 11.8 Å². The maximum absolute atomic E-state index is 12.5. The fourth-order valence-corrected chi connectivity index (χ4v) is 2.22. The van der Waals surface area contributed by atoms with E-state index in [1.54, 1.807) is 0 Å². The molecule has 0 atom stereocenters. The van der Waals surface area contributed by atoms with Crippen molar-refractivity contribution < 1.29 is 40.6 Å². The summed E-state index contributed by atoms with van der Waals surface area (Å²) < 4.78 is 81.7. The van der Waals surface area contributed by atoms with Crippen LogP contribution in [0.1, 0.15) is 5.56 Å². The predicted molar refractivity (Wildman–Crippen MR) is 67.3 cm³/mol. The van der Waals surface area contributed by atoms with Gasteiger partial charge in [0.05, 0.1) is 5.71 Å². The normalized spacial score (nSPS) is 15.7. The summed E-state index contributed by atoms with van der Waals surface area (Å²) in [7, 11) is 0. The number of halogens is 6. The van der Waals surface area contributed by atoms with Crippen molar-refractivity contribution in [3.63, 3.8) is 0 Å². The number of para-hydroxylation sites is 1. The fraction of sp³-hybridized carbons (Fsp3) is 0.273. The van der Waals surface area contributed by atoms with Crippen molar-refractivity contribution in [1.29, 1.82) is 0 Å². The lowest BCUT2D eigenvalue weighted by molar-refractivity contribution is -0.287. The molecule has 0 aromatic heterocycles. The smallest absolute Gasteiger partial charge is 0.402 e. The van der Waals surface area contributed by atoms with Crippen molar-refractivity contribution >= 4 is 22.7 Å². The minimum Gasteiger partial charge on any atom is -0.402 e. The topological polar surface area (TPSA) is 59.9 Å². The highest BCUT2D eigenvalue weighted by Crippen LogP contribution is 2.39. The monoisotopic (exact) mass is 360 g/mol. The standard InChI is InChI=1S/C11H6F6N2O3S/c12-10(13,14)21-7-3-1-2-5(8(7)22-11(15,16)17)6-4-23-9(20)19-18-6/h1-3H,4H2,(H,19,20). The Morgan fingerprint density at radius 3 is 2.26 bits per heavy atom. The number of amides is 1. The molecule has 1 aromatic rings. The second-order valence-corrected chi connectivity index (χ2v) is 4.92. The average molecular weight is 360 g/mol. The van der Waals surface area contributed by atoms with Gasteiger partial charge in [-0.2, -0.15) is 5.10 Å². The van der Waals surface area contributed by atoms with Crippen LogP contribution < -0.4 is 14.9 Å². The van der Waals surface area contributed by atoms with E-state index in [1.807, 2.05) is 5.43 Å². The van der Waals surface area contributed by atoms with E-state index in [2.05, 4.69) is 14.6 Å². The van der Waals surface area contributed by atoms with Crippen molar-refractivity contribution in [1.82, 2.24) is 5.43 Å². The van der Waals surface area contributed by atoms with Gasteiger partial charge in [-0.05, 0) is 12.1 Å². The summed E-state index contributed by atoms with van der Waals surface area (Å²) in [5.74, 6) is -2.50. The van der Waals surface area contributed by atoms with Gasteiger partial charge >= 0.3 is 12.7 Å². The third-order valence-electron chi connectivity index (χ3n) is 2.36. The average Bonchev–Trinajstić information content (AvgIpc) is 2.39. The number of benzene rings is 1. The first-order valence-electron chi connectivity index (χ1n) is 5.69. The lowest BCUT2D eigenvalue weighted by atomic mass is 10.1. The van der Waals surface area contributed by atoms with Gasteiger partial charge in [0.15, 0.2) is 11.5 Å². The minimum atomic E-state index is -5.24. The number of carbonyl (C=O) groups is 1. The minimum absolute atomic E-state index is 0.0959. The highest BCUT2D eigenvalue weighted by atomic mass is 32.2. The molecule has 1 N–H and O–H groups in total. The third-order valence-corrected chi connectivity index (χ3v) is 3.13. The third kappa shape index (κ3) is 4.94. The molecule has 2 rings (SSSR count). The van der Waals surface area contributed by atoms with Crippen LogP contribution in [0, 0.1) is 0 Å². The van der Waals surface area contributed by atoms with Gasteiger partial charge in [-0.15, -0.1) is 26.3 Å². The van der Waals surface area contributed by atoms with E-state index in [0.29, 0.717) is 17.8 Å². The molecule has 0 saturated heterocycles. The largest absolute Gasteiger partial charge is 0.573 e. The van der Waals surface area contributed by atoms with Gasteiger partial charge in [-0.1, -0.05) is 17.8 Å². The molecular formula is C11H6F6N2O3S. The predicted octanol–water partition coefficient (Wildman–Crippen LogP) is 3.64. The Morgan fingerprint density at radius 2 is 1.74 bits per heavy atom. The Morgan fingerprint density at radius 1 is 1.09 bits per heavy atom. The molecule has 0 spiro atoms. The second-order valence-electron chi connectivity index (χ2n) is 3.97. The molecule has 23 heavy (non-hydrogen) atoms. The maximum Gasteiger partial charge on any atom is 0.573 e. The molecule has 0 saturated carbocycles. The van der Waals surface area contributed by atoms with Gasteiger partial charge in [0, 0.05) is 11.3 Å². The van der Waals surface area contributed by atoms with Crippen molar-refractivity contribution in [3.8, 4) is 11.5 Å².